The molecule has 0 bridgehead atoms. The maximum atomic E-state index is 12.1. The van der Waals surface area contributed by atoms with Crippen molar-refractivity contribution in [1.29, 1.82) is 0 Å². The molecule has 26 heavy (non-hydrogen) atoms. The first-order valence-corrected chi connectivity index (χ1v) is 9.31. The van der Waals surface area contributed by atoms with Gasteiger partial charge in [-0.05, 0) is 13.8 Å². The number of thiazole rings is 1. The second-order valence-corrected chi connectivity index (χ2v) is 6.95. The van der Waals surface area contributed by atoms with Crippen LogP contribution in [0.5, 0.6) is 0 Å². The Bertz CT molecular complexity index is 969. The Balaban J connectivity index is 1.61. The molecular weight excluding hydrogens is 378 g/mol. The van der Waals surface area contributed by atoms with Gasteiger partial charge >= 0.3 is 5.97 Å². The molecule has 0 spiro atoms. The van der Waals surface area contributed by atoms with Gasteiger partial charge in [0.1, 0.15) is 16.7 Å². The van der Waals surface area contributed by atoms with Crippen molar-refractivity contribution in [2.24, 2.45) is 0 Å². The Morgan fingerprint density at radius 2 is 2.19 bits per heavy atom. The highest BCUT2D eigenvalue weighted by Crippen LogP contribution is 2.24. The number of amides is 1. The highest BCUT2D eigenvalue weighted by molar-refractivity contribution is 7.99. The van der Waals surface area contributed by atoms with Crippen LogP contribution in [0.2, 0.25) is 0 Å². The Kier molecular flexibility index (Phi) is 5.32. The molecule has 3 aromatic rings. The van der Waals surface area contributed by atoms with Crippen molar-refractivity contribution in [2.45, 2.75) is 19.0 Å². The van der Waals surface area contributed by atoms with Gasteiger partial charge in [0.15, 0.2) is 21.8 Å². The largest absolute Gasteiger partial charge is 0.462 e. The highest BCUT2D eigenvalue weighted by atomic mass is 32.2. The minimum absolute atomic E-state index is 0.0977. The van der Waals surface area contributed by atoms with Crippen molar-refractivity contribution < 1.29 is 14.3 Å². The smallest absolute Gasteiger partial charge is 0.350 e. The minimum Gasteiger partial charge on any atom is -0.462 e. The molecule has 0 aliphatic carbocycles. The fourth-order valence-corrected chi connectivity index (χ4v) is 3.56. The number of nitrogen functional groups attached to an aromatic ring is 1. The van der Waals surface area contributed by atoms with Crippen LogP contribution in [0.25, 0.3) is 11.2 Å². The molecule has 3 heterocycles. The van der Waals surface area contributed by atoms with Gasteiger partial charge in [-0.2, -0.15) is 0 Å². The number of hydrogen-bond acceptors (Lipinski definition) is 10. The number of aryl methyl sites for hydroxylation is 1. The number of fused-ring (bicyclic) bond motifs is 1. The number of carbonyl (C=O) groups is 2. The third-order valence-electron chi connectivity index (χ3n) is 3.14. The number of ether oxygens (including phenoxy) is 1. The number of hydrogen-bond donors (Lipinski definition) is 3. The maximum Gasteiger partial charge on any atom is 0.350 e. The van der Waals surface area contributed by atoms with Crippen molar-refractivity contribution in [3.63, 3.8) is 0 Å². The predicted molar refractivity (Wildman–Crippen MR) is 98.3 cm³/mol. The number of nitrogens with one attached hydrogen (secondary N) is 2. The SMILES string of the molecule is CCOC(=O)c1sc(NC(=O)CSc2nc3ncnc(N)c3[nH]2)nc1C. The van der Waals surface area contributed by atoms with Gasteiger partial charge in [-0.1, -0.05) is 23.1 Å². The molecule has 0 saturated carbocycles. The number of H-pyrrole nitrogens is 1. The number of aromatic nitrogens is 5. The van der Waals surface area contributed by atoms with E-state index in [4.69, 9.17) is 10.5 Å². The van der Waals surface area contributed by atoms with E-state index in [0.29, 0.717) is 37.8 Å². The fourth-order valence-electron chi connectivity index (χ4n) is 2.02. The molecule has 0 radical (unpaired) electrons. The van der Waals surface area contributed by atoms with Gasteiger partial charge < -0.3 is 20.8 Å². The second-order valence-electron chi connectivity index (χ2n) is 4.99. The number of imidazole rings is 1. The topological polar surface area (TPSA) is 149 Å². The van der Waals surface area contributed by atoms with Gasteiger partial charge in [0.25, 0.3) is 0 Å². The summed E-state index contributed by atoms with van der Waals surface area (Å²) >= 11 is 2.27. The van der Waals surface area contributed by atoms with E-state index in [9.17, 15) is 9.59 Å². The lowest BCUT2D eigenvalue weighted by Gasteiger charge is -1.99. The first-order chi connectivity index (χ1) is 12.5. The van der Waals surface area contributed by atoms with Crippen LogP contribution in [0.4, 0.5) is 10.9 Å². The average Bonchev–Trinajstić information content (AvgIpc) is 3.17. The van der Waals surface area contributed by atoms with E-state index in [0.717, 1.165) is 11.3 Å². The van der Waals surface area contributed by atoms with E-state index in [1.165, 1.54) is 18.1 Å². The average molecular weight is 393 g/mol. The number of carbonyl (C=O) groups excluding carboxylic acids is 2. The van der Waals surface area contributed by atoms with Gasteiger partial charge in [0, 0.05) is 0 Å². The molecule has 12 heteroatoms. The summed E-state index contributed by atoms with van der Waals surface area (Å²) < 4.78 is 4.95. The quantitative estimate of drug-likeness (QED) is 0.419. The van der Waals surface area contributed by atoms with Crippen LogP contribution >= 0.6 is 23.1 Å². The van der Waals surface area contributed by atoms with E-state index >= 15 is 0 Å². The number of esters is 1. The standard InChI is InChI=1S/C14H15N7O3S2/c1-3-24-12(23)9-6(2)18-14(26-9)19-7(22)4-25-13-20-8-10(15)16-5-17-11(8)21-13/h5H,3-4H2,1-2H3,(H,18,19,22)(H3,15,16,17,20,21). The predicted octanol–water partition coefficient (Wildman–Crippen LogP) is 1.61. The van der Waals surface area contributed by atoms with Crippen LogP contribution in [-0.2, 0) is 9.53 Å². The van der Waals surface area contributed by atoms with Crippen molar-refractivity contribution in [2.75, 3.05) is 23.4 Å². The van der Waals surface area contributed by atoms with Gasteiger partial charge in [-0.3, -0.25) is 4.79 Å². The second kappa shape index (κ2) is 7.66. The molecule has 0 aliphatic heterocycles. The molecule has 0 aliphatic rings. The zero-order valence-electron chi connectivity index (χ0n) is 13.9. The van der Waals surface area contributed by atoms with Crippen LogP contribution in [0.15, 0.2) is 11.5 Å². The summed E-state index contributed by atoms with van der Waals surface area (Å²) in [6, 6.07) is 0. The Hall–Kier alpha value is -2.73. The maximum absolute atomic E-state index is 12.1. The van der Waals surface area contributed by atoms with Gasteiger partial charge in [0.05, 0.1) is 18.1 Å². The number of nitrogens with two attached hydrogens (primary N) is 1. The monoisotopic (exact) mass is 393 g/mol. The minimum atomic E-state index is -0.446. The molecule has 4 N–H and O–H groups in total. The van der Waals surface area contributed by atoms with Crippen molar-refractivity contribution in [3.8, 4) is 0 Å². The van der Waals surface area contributed by atoms with E-state index in [-0.39, 0.29) is 18.3 Å². The lowest BCUT2D eigenvalue weighted by atomic mass is 10.4. The number of thioether (sulfide) groups is 1. The zero-order chi connectivity index (χ0) is 18.7. The van der Waals surface area contributed by atoms with Gasteiger partial charge in [-0.15, -0.1) is 0 Å². The van der Waals surface area contributed by atoms with Crippen molar-refractivity contribution in [3.05, 3.63) is 16.9 Å². The zero-order valence-corrected chi connectivity index (χ0v) is 15.5. The lowest BCUT2D eigenvalue weighted by molar-refractivity contribution is -0.113. The summed E-state index contributed by atoms with van der Waals surface area (Å²) in [5, 5.41) is 3.51. The molecule has 0 unspecified atom stereocenters. The number of anilines is 2. The molecule has 136 valence electrons. The van der Waals surface area contributed by atoms with E-state index < -0.39 is 5.97 Å². The molecule has 0 atom stereocenters. The molecule has 10 nitrogen and oxygen atoms in total. The summed E-state index contributed by atoms with van der Waals surface area (Å²) in [5.74, 6) is -0.332. The van der Waals surface area contributed by atoms with E-state index in [1.807, 2.05) is 0 Å². The van der Waals surface area contributed by atoms with Gasteiger partial charge in [0.2, 0.25) is 5.91 Å². The fraction of sp³-hybridized carbons (Fsp3) is 0.286. The number of nitrogens with zero attached hydrogens (tertiary/aromatic N) is 4. The van der Waals surface area contributed by atoms with E-state index in [1.54, 1.807) is 13.8 Å². The van der Waals surface area contributed by atoms with Crippen molar-refractivity contribution in [1.82, 2.24) is 24.9 Å². The molecule has 0 aromatic carbocycles. The third kappa shape index (κ3) is 3.91. The van der Waals surface area contributed by atoms with E-state index in [2.05, 4.69) is 30.2 Å². The number of rotatable bonds is 6. The highest BCUT2D eigenvalue weighted by Gasteiger charge is 2.18. The third-order valence-corrected chi connectivity index (χ3v) is 5.07. The summed E-state index contributed by atoms with van der Waals surface area (Å²) in [6.45, 7) is 3.69. The molecule has 0 saturated heterocycles. The molecular formula is C14H15N7O3S2. The summed E-state index contributed by atoms with van der Waals surface area (Å²) in [6.07, 6.45) is 1.32. The first-order valence-electron chi connectivity index (χ1n) is 7.51. The molecule has 0 fully saturated rings. The normalized spacial score (nSPS) is 10.8. The van der Waals surface area contributed by atoms with Gasteiger partial charge in [-0.25, -0.2) is 24.7 Å². The van der Waals surface area contributed by atoms with Crippen LogP contribution in [0, 0.1) is 6.92 Å². The number of aromatic amines is 1. The summed E-state index contributed by atoms with van der Waals surface area (Å²) in [5.41, 5.74) is 7.22. The molecule has 3 aromatic heterocycles. The molecule has 1 amide bonds. The Labute approximate surface area is 156 Å². The van der Waals surface area contributed by atoms with Crippen LogP contribution in [0.3, 0.4) is 0 Å². The van der Waals surface area contributed by atoms with Crippen LogP contribution in [0.1, 0.15) is 22.3 Å². The Morgan fingerprint density at radius 3 is 2.92 bits per heavy atom. The summed E-state index contributed by atoms with van der Waals surface area (Å²) in [7, 11) is 0. The Morgan fingerprint density at radius 1 is 1.38 bits per heavy atom. The molecule has 3 rings (SSSR count). The van der Waals surface area contributed by atoms with Crippen LogP contribution < -0.4 is 11.1 Å². The first kappa shape index (κ1) is 18.1. The van der Waals surface area contributed by atoms with Crippen molar-refractivity contribution >= 4 is 57.1 Å². The van der Waals surface area contributed by atoms with Crippen LogP contribution in [-0.4, -0.2) is 49.2 Å². The lowest BCUT2D eigenvalue weighted by Crippen LogP contribution is -2.13. The summed E-state index contributed by atoms with van der Waals surface area (Å²) in [4.78, 5) is 43.5.